The molecular weight excluding hydrogens is 314 g/mol. The second-order valence-corrected chi connectivity index (χ2v) is 8.07. The van der Waals surface area contributed by atoms with E-state index in [0.29, 0.717) is 0 Å². The van der Waals surface area contributed by atoms with Crippen molar-refractivity contribution in [2.75, 3.05) is 26.2 Å². The number of hydrogen-bond acceptors (Lipinski definition) is 4. The Kier molecular flexibility index (Phi) is 4.54. The fourth-order valence-corrected chi connectivity index (χ4v) is 4.32. The standard InChI is InChI=1S/C20H29N3O2/c1-15-4-3-5-18(21-15)13-22-10-8-20(9-11-22)16(2)23(12-17-6-7-17)19(24)14-25-20/h3-5,16-17H,6-14H2,1-2H3. The summed E-state index contributed by atoms with van der Waals surface area (Å²) in [6.07, 6.45) is 4.55. The van der Waals surface area contributed by atoms with Crippen LogP contribution in [0.2, 0.25) is 0 Å². The number of likely N-dealkylation sites (tertiary alicyclic amines) is 1. The summed E-state index contributed by atoms with van der Waals surface area (Å²) in [5.74, 6) is 0.908. The zero-order chi connectivity index (χ0) is 17.4. The van der Waals surface area contributed by atoms with Crippen LogP contribution in [0.4, 0.5) is 0 Å². The molecule has 1 atom stereocenters. The van der Waals surface area contributed by atoms with Gasteiger partial charge < -0.3 is 9.64 Å². The predicted octanol–water partition coefficient (Wildman–Crippen LogP) is 2.38. The van der Waals surface area contributed by atoms with E-state index in [4.69, 9.17) is 4.74 Å². The highest BCUT2D eigenvalue weighted by Gasteiger charge is 2.48. The SMILES string of the molecule is Cc1cccc(CN2CCC3(CC2)OCC(=O)N(CC2CC2)C3C)n1. The first-order chi connectivity index (χ1) is 12.1. The maximum Gasteiger partial charge on any atom is 0.248 e. The third-order valence-corrected chi connectivity index (χ3v) is 6.22. The number of rotatable bonds is 4. The van der Waals surface area contributed by atoms with Crippen LogP contribution in [0.1, 0.15) is 44.0 Å². The highest BCUT2D eigenvalue weighted by molar-refractivity contribution is 5.78. The van der Waals surface area contributed by atoms with Gasteiger partial charge in [-0.05, 0) is 57.6 Å². The number of amides is 1. The number of hydrogen-bond donors (Lipinski definition) is 0. The second kappa shape index (κ2) is 6.69. The van der Waals surface area contributed by atoms with E-state index in [1.807, 2.05) is 13.0 Å². The number of aromatic nitrogens is 1. The van der Waals surface area contributed by atoms with E-state index in [-0.39, 0.29) is 24.2 Å². The van der Waals surface area contributed by atoms with Crippen molar-refractivity contribution in [1.29, 1.82) is 0 Å². The minimum atomic E-state index is -0.153. The van der Waals surface area contributed by atoms with Crippen LogP contribution in [0.25, 0.3) is 0 Å². The Morgan fingerprint density at radius 2 is 2.04 bits per heavy atom. The maximum atomic E-state index is 12.3. The Hall–Kier alpha value is -1.46. The van der Waals surface area contributed by atoms with Crippen molar-refractivity contribution in [3.8, 4) is 0 Å². The van der Waals surface area contributed by atoms with Gasteiger partial charge in [-0.15, -0.1) is 0 Å². The highest BCUT2D eigenvalue weighted by atomic mass is 16.5. The lowest BCUT2D eigenvalue weighted by atomic mass is 9.82. The molecule has 3 fully saturated rings. The molecule has 1 aliphatic carbocycles. The quantitative estimate of drug-likeness (QED) is 0.842. The molecule has 1 amide bonds. The number of pyridine rings is 1. The number of piperidine rings is 1. The van der Waals surface area contributed by atoms with E-state index in [2.05, 4.69) is 33.8 Å². The highest BCUT2D eigenvalue weighted by Crippen LogP contribution is 2.38. The number of aryl methyl sites for hydroxylation is 1. The van der Waals surface area contributed by atoms with Crippen molar-refractivity contribution in [3.63, 3.8) is 0 Å². The van der Waals surface area contributed by atoms with Gasteiger partial charge in [0.25, 0.3) is 0 Å². The van der Waals surface area contributed by atoms with Crippen molar-refractivity contribution < 1.29 is 9.53 Å². The van der Waals surface area contributed by atoms with Crippen LogP contribution >= 0.6 is 0 Å². The van der Waals surface area contributed by atoms with Crippen LogP contribution in [-0.4, -0.2) is 58.6 Å². The number of nitrogens with zero attached hydrogens (tertiary/aromatic N) is 3. The average molecular weight is 343 g/mol. The number of ether oxygens (including phenoxy) is 1. The monoisotopic (exact) mass is 343 g/mol. The van der Waals surface area contributed by atoms with Crippen molar-refractivity contribution in [3.05, 3.63) is 29.6 Å². The van der Waals surface area contributed by atoms with Gasteiger partial charge in [-0.2, -0.15) is 0 Å². The Morgan fingerprint density at radius 1 is 1.28 bits per heavy atom. The predicted molar refractivity (Wildman–Crippen MR) is 96.1 cm³/mol. The van der Waals surface area contributed by atoms with Crippen LogP contribution in [0.5, 0.6) is 0 Å². The molecule has 25 heavy (non-hydrogen) atoms. The van der Waals surface area contributed by atoms with E-state index in [0.717, 1.165) is 56.3 Å². The van der Waals surface area contributed by atoms with Crippen LogP contribution in [0.3, 0.4) is 0 Å². The van der Waals surface area contributed by atoms with Crippen LogP contribution in [-0.2, 0) is 16.1 Å². The van der Waals surface area contributed by atoms with E-state index < -0.39 is 0 Å². The van der Waals surface area contributed by atoms with E-state index in [1.165, 1.54) is 12.8 Å². The first-order valence-electron chi connectivity index (χ1n) is 9.64. The van der Waals surface area contributed by atoms with Gasteiger partial charge in [-0.3, -0.25) is 14.7 Å². The molecule has 3 heterocycles. The van der Waals surface area contributed by atoms with Gasteiger partial charge in [0.2, 0.25) is 5.91 Å². The Labute approximate surface area is 150 Å². The summed E-state index contributed by atoms with van der Waals surface area (Å²) in [4.78, 5) is 21.5. The van der Waals surface area contributed by atoms with Gasteiger partial charge in [0.1, 0.15) is 6.61 Å². The molecule has 0 bridgehead atoms. The van der Waals surface area contributed by atoms with E-state index in [1.54, 1.807) is 0 Å². The average Bonchev–Trinajstić information content (AvgIpc) is 3.42. The summed E-state index contributed by atoms with van der Waals surface area (Å²) in [5.41, 5.74) is 2.06. The zero-order valence-electron chi connectivity index (χ0n) is 15.4. The van der Waals surface area contributed by atoms with Gasteiger partial charge in [0.05, 0.1) is 17.3 Å². The number of morpholine rings is 1. The summed E-state index contributed by atoms with van der Waals surface area (Å²) < 4.78 is 6.15. The molecule has 5 heteroatoms. The molecule has 1 unspecified atom stereocenters. The molecule has 0 radical (unpaired) electrons. The Morgan fingerprint density at radius 3 is 2.72 bits per heavy atom. The summed E-state index contributed by atoms with van der Waals surface area (Å²) in [6, 6.07) is 6.41. The van der Waals surface area contributed by atoms with Crippen LogP contribution < -0.4 is 0 Å². The molecule has 1 saturated carbocycles. The zero-order valence-corrected chi connectivity index (χ0v) is 15.4. The molecule has 0 aromatic carbocycles. The molecule has 0 N–H and O–H groups in total. The summed E-state index contributed by atoms with van der Waals surface area (Å²) >= 11 is 0. The van der Waals surface area contributed by atoms with Gasteiger partial charge in [0, 0.05) is 31.9 Å². The summed E-state index contributed by atoms with van der Waals surface area (Å²) in [5, 5.41) is 0. The van der Waals surface area contributed by atoms with E-state index >= 15 is 0 Å². The van der Waals surface area contributed by atoms with Gasteiger partial charge in [-0.1, -0.05) is 6.07 Å². The fourth-order valence-electron chi connectivity index (χ4n) is 4.32. The topological polar surface area (TPSA) is 45.7 Å². The molecule has 4 rings (SSSR count). The normalized spacial score (nSPS) is 27.0. The molecular formula is C20H29N3O2. The lowest BCUT2D eigenvalue weighted by molar-refractivity contribution is -0.187. The molecule has 5 nitrogen and oxygen atoms in total. The second-order valence-electron chi connectivity index (χ2n) is 8.07. The molecule has 136 valence electrons. The van der Waals surface area contributed by atoms with Crippen molar-refractivity contribution >= 4 is 5.91 Å². The maximum absolute atomic E-state index is 12.3. The minimum absolute atomic E-state index is 0.153. The van der Waals surface area contributed by atoms with E-state index in [9.17, 15) is 4.79 Å². The molecule has 2 aliphatic heterocycles. The van der Waals surface area contributed by atoms with Crippen LogP contribution in [0.15, 0.2) is 18.2 Å². The molecule has 3 aliphatic rings. The number of carbonyl (C=O) groups excluding carboxylic acids is 1. The van der Waals surface area contributed by atoms with Crippen molar-refractivity contribution in [2.24, 2.45) is 5.92 Å². The van der Waals surface area contributed by atoms with Crippen LogP contribution in [0, 0.1) is 12.8 Å². The summed E-state index contributed by atoms with van der Waals surface area (Å²) in [7, 11) is 0. The minimum Gasteiger partial charge on any atom is -0.363 e. The van der Waals surface area contributed by atoms with Crippen molar-refractivity contribution in [2.45, 2.75) is 57.7 Å². The third kappa shape index (κ3) is 3.58. The van der Waals surface area contributed by atoms with Gasteiger partial charge in [0.15, 0.2) is 0 Å². The number of carbonyl (C=O) groups is 1. The third-order valence-electron chi connectivity index (χ3n) is 6.22. The largest absolute Gasteiger partial charge is 0.363 e. The smallest absolute Gasteiger partial charge is 0.248 e. The molecule has 1 aromatic heterocycles. The lowest BCUT2D eigenvalue weighted by Gasteiger charge is -2.51. The molecule has 1 spiro atoms. The first kappa shape index (κ1) is 17.0. The molecule has 1 aromatic rings. The Balaban J connectivity index is 1.38. The molecule has 2 saturated heterocycles. The fraction of sp³-hybridized carbons (Fsp3) is 0.700. The first-order valence-corrected chi connectivity index (χ1v) is 9.64. The Bertz CT molecular complexity index is 636. The van der Waals surface area contributed by atoms with Gasteiger partial charge >= 0.3 is 0 Å². The lowest BCUT2D eigenvalue weighted by Crippen LogP contribution is -2.64. The van der Waals surface area contributed by atoms with Gasteiger partial charge in [-0.25, -0.2) is 0 Å². The summed E-state index contributed by atoms with van der Waals surface area (Å²) in [6.45, 7) is 8.33. The van der Waals surface area contributed by atoms with Crippen molar-refractivity contribution in [1.82, 2.24) is 14.8 Å².